The third-order valence-electron chi connectivity index (χ3n) is 3.99. The summed E-state index contributed by atoms with van der Waals surface area (Å²) in [5, 5.41) is 0.0698. The fraction of sp³-hybridized carbons (Fsp3) is 0.0952. The third kappa shape index (κ3) is 4.14. The lowest BCUT2D eigenvalue weighted by Crippen LogP contribution is -2.08. The number of benzene rings is 3. The summed E-state index contributed by atoms with van der Waals surface area (Å²) < 4.78 is 46.2. The van der Waals surface area contributed by atoms with E-state index in [0.29, 0.717) is 6.29 Å². The van der Waals surface area contributed by atoms with Gasteiger partial charge in [-0.3, -0.25) is 4.79 Å². The van der Waals surface area contributed by atoms with Crippen LogP contribution in [0.25, 0.3) is 11.1 Å². The number of ether oxygens (including phenoxy) is 1. The summed E-state index contributed by atoms with van der Waals surface area (Å²) in [5.74, 6) is 0.0260. The summed E-state index contributed by atoms with van der Waals surface area (Å²) in [5.41, 5.74) is -0.00177. The van der Waals surface area contributed by atoms with Gasteiger partial charge in [-0.05, 0) is 29.3 Å². The Morgan fingerprint density at radius 2 is 1.59 bits per heavy atom. The summed E-state index contributed by atoms with van der Waals surface area (Å²) in [6, 6.07) is 17.0. The van der Waals surface area contributed by atoms with Gasteiger partial charge >= 0.3 is 6.18 Å². The Bertz CT molecular complexity index is 953. The van der Waals surface area contributed by atoms with Crippen LogP contribution in [-0.2, 0) is 12.8 Å². The molecule has 0 amide bonds. The molecule has 3 aromatic rings. The Hall–Kier alpha value is -2.79. The summed E-state index contributed by atoms with van der Waals surface area (Å²) in [6.07, 6.45) is -4.04. The molecule has 27 heavy (non-hydrogen) atoms. The van der Waals surface area contributed by atoms with Crippen molar-refractivity contribution in [2.45, 2.75) is 12.8 Å². The van der Waals surface area contributed by atoms with Crippen LogP contribution < -0.4 is 4.74 Å². The van der Waals surface area contributed by atoms with Gasteiger partial charge in [-0.2, -0.15) is 13.2 Å². The van der Waals surface area contributed by atoms with Crippen molar-refractivity contribution in [2.24, 2.45) is 0 Å². The van der Waals surface area contributed by atoms with E-state index in [-0.39, 0.29) is 34.1 Å². The predicted octanol–water partition coefficient (Wildman–Crippen LogP) is 6.42. The second-order valence-corrected chi connectivity index (χ2v) is 6.18. The van der Waals surface area contributed by atoms with Crippen molar-refractivity contribution in [1.82, 2.24) is 0 Å². The molecule has 0 bridgehead atoms. The quantitative estimate of drug-likeness (QED) is 0.470. The molecule has 2 nitrogen and oxygen atoms in total. The van der Waals surface area contributed by atoms with Gasteiger partial charge in [0.2, 0.25) is 0 Å². The zero-order valence-electron chi connectivity index (χ0n) is 14.0. The molecule has 0 spiro atoms. The van der Waals surface area contributed by atoms with Crippen molar-refractivity contribution in [1.29, 1.82) is 0 Å². The average Bonchev–Trinajstić information content (AvgIpc) is 2.66. The van der Waals surface area contributed by atoms with Crippen LogP contribution in [0, 0.1) is 0 Å². The van der Waals surface area contributed by atoms with Crippen LogP contribution in [0.4, 0.5) is 13.2 Å². The highest BCUT2D eigenvalue weighted by molar-refractivity contribution is 6.34. The first-order valence-electron chi connectivity index (χ1n) is 8.03. The van der Waals surface area contributed by atoms with Crippen LogP contribution in [0.2, 0.25) is 5.02 Å². The number of carbonyl (C=O) groups is 1. The molecule has 0 aliphatic heterocycles. The van der Waals surface area contributed by atoms with Crippen LogP contribution in [0.5, 0.6) is 5.75 Å². The number of hydrogen-bond donors (Lipinski definition) is 0. The molecule has 0 heterocycles. The molecule has 0 aromatic heterocycles. The van der Waals surface area contributed by atoms with E-state index in [0.717, 1.165) is 11.6 Å². The minimum atomic E-state index is -4.58. The lowest BCUT2D eigenvalue weighted by atomic mass is 9.96. The van der Waals surface area contributed by atoms with Gasteiger partial charge in [0.15, 0.2) is 6.29 Å². The summed E-state index contributed by atoms with van der Waals surface area (Å²) in [7, 11) is 0. The summed E-state index contributed by atoms with van der Waals surface area (Å²) in [4.78, 5) is 11.5. The maximum atomic E-state index is 13.5. The largest absolute Gasteiger partial charge is 0.487 e. The lowest BCUT2D eigenvalue weighted by Gasteiger charge is -2.19. The average molecular weight is 391 g/mol. The van der Waals surface area contributed by atoms with Crippen LogP contribution in [0.1, 0.15) is 21.5 Å². The number of alkyl halides is 3. The van der Waals surface area contributed by atoms with Gasteiger partial charge < -0.3 is 4.74 Å². The summed E-state index contributed by atoms with van der Waals surface area (Å²) >= 11 is 6.23. The Labute approximate surface area is 159 Å². The van der Waals surface area contributed by atoms with Gasteiger partial charge in [0.05, 0.1) is 16.1 Å². The zero-order chi connectivity index (χ0) is 19.4. The fourth-order valence-corrected chi connectivity index (χ4v) is 3.00. The Morgan fingerprint density at radius 1 is 0.926 bits per heavy atom. The predicted molar refractivity (Wildman–Crippen MR) is 98.1 cm³/mol. The highest BCUT2D eigenvalue weighted by atomic mass is 35.5. The molecule has 0 atom stereocenters. The van der Waals surface area contributed by atoms with Crippen molar-refractivity contribution < 1.29 is 22.7 Å². The fourth-order valence-electron chi connectivity index (χ4n) is 2.75. The van der Waals surface area contributed by atoms with Gasteiger partial charge in [0.25, 0.3) is 0 Å². The van der Waals surface area contributed by atoms with Gasteiger partial charge in [0, 0.05) is 5.56 Å². The molecule has 3 rings (SSSR count). The first kappa shape index (κ1) is 19.0. The monoisotopic (exact) mass is 390 g/mol. The van der Waals surface area contributed by atoms with Crippen LogP contribution in [0.3, 0.4) is 0 Å². The van der Waals surface area contributed by atoms with Crippen molar-refractivity contribution in [2.75, 3.05) is 0 Å². The Morgan fingerprint density at radius 3 is 2.26 bits per heavy atom. The smallest absolute Gasteiger partial charge is 0.417 e. The number of hydrogen-bond acceptors (Lipinski definition) is 2. The molecule has 6 heteroatoms. The molecule has 3 aromatic carbocycles. The van der Waals surface area contributed by atoms with Gasteiger partial charge in [-0.1, -0.05) is 60.1 Å². The van der Waals surface area contributed by atoms with E-state index in [1.54, 1.807) is 0 Å². The highest BCUT2D eigenvalue weighted by Crippen LogP contribution is 2.44. The molecular formula is C21H14ClF3O2. The molecule has 0 radical (unpaired) electrons. The second-order valence-electron chi connectivity index (χ2n) is 5.78. The van der Waals surface area contributed by atoms with Gasteiger partial charge in [0.1, 0.15) is 12.4 Å². The highest BCUT2D eigenvalue weighted by Gasteiger charge is 2.34. The second kappa shape index (κ2) is 7.84. The Kier molecular flexibility index (Phi) is 5.51. The maximum absolute atomic E-state index is 13.5. The van der Waals surface area contributed by atoms with Gasteiger partial charge in [-0.25, -0.2) is 0 Å². The maximum Gasteiger partial charge on any atom is 0.417 e. The van der Waals surface area contributed by atoms with Crippen LogP contribution >= 0.6 is 11.6 Å². The topological polar surface area (TPSA) is 26.3 Å². The molecule has 0 aliphatic carbocycles. The van der Waals surface area contributed by atoms with E-state index >= 15 is 0 Å². The number of aldehydes is 1. The van der Waals surface area contributed by atoms with E-state index in [1.807, 2.05) is 30.3 Å². The summed E-state index contributed by atoms with van der Waals surface area (Å²) in [6.45, 7) is 0.0865. The minimum Gasteiger partial charge on any atom is -0.487 e. The molecule has 0 saturated carbocycles. The zero-order valence-corrected chi connectivity index (χ0v) is 14.7. The SMILES string of the molecule is O=Cc1ccc(Cl)c(-c2ccccc2C(F)(F)F)c1OCc1ccccc1. The van der Waals surface area contributed by atoms with Crippen LogP contribution in [-0.4, -0.2) is 6.29 Å². The van der Waals surface area contributed by atoms with Crippen molar-refractivity contribution in [3.8, 4) is 16.9 Å². The number of halogens is 4. The lowest BCUT2D eigenvalue weighted by molar-refractivity contribution is -0.137. The molecule has 0 unspecified atom stereocenters. The normalized spacial score (nSPS) is 11.3. The third-order valence-corrected chi connectivity index (χ3v) is 4.31. The Balaban J connectivity index is 2.15. The first-order chi connectivity index (χ1) is 12.9. The number of carbonyl (C=O) groups excluding carboxylic acids is 1. The van der Waals surface area contributed by atoms with Crippen molar-refractivity contribution >= 4 is 17.9 Å². The van der Waals surface area contributed by atoms with Gasteiger partial charge in [-0.15, -0.1) is 0 Å². The standard InChI is InChI=1S/C21H14ClF3O2/c22-18-11-10-15(12-26)20(27-13-14-6-2-1-3-7-14)19(18)16-8-4-5-9-17(16)21(23,24)25/h1-12H,13H2. The van der Waals surface area contributed by atoms with E-state index in [2.05, 4.69) is 0 Å². The van der Waals surface area contributed by atoms with E-state index < -0.39 is 11.7 Å². The molecule has 0 N–H and O–H groups in total. The number of rotatable bonds is 5. The first-order valence-corrected chi connectivity index (χ1v) is 8.40. The van der Waals surface area contributed by atoms with E-state index in [1.165, 1.54) is 30.3 Å². The van der Waals surface area contributed by atoms with E-state index in [9.17, 15) is 18.0 Å². The molecule has 0 aliphatic rings. The van der Waals surface area contributed by atoms with Crippen molar-refractivity contribution in [3.05, 3.63) is 88.4 Å². The minimum absolute atomic E-state index is 0.0260. The molecule has 138 valence electrons. The molecule has 0 saturated heterocycles. The van der Waals surface area contributed by atoms with Crippen molar-refractivity contribution in [3.63, 3.8) is 0 Å². The van der Waals surface area contributed by atoms with E-state index in [4.69, 9.17) is 16.3 Å². The molecule has 0 fully saturated rings. The molecular weight excluding hydrogens is 377 g/mol. The van der Waals surface area contributed by atoms with Crippen LogP contribution in [0.15, 0.2) is 66.7 Å².